The lowest BCUT2D eigenvalue weighted by Gasteiger charge is -2.01. The second-order valence-electron chi connectivity index (χ2n) is 3.00. The van der Waals surface area contributed by atoms with Gasteiger partial charge in [0.1, 0.15) is 0 Å². The molecule has 0 rings (SSSR count). The third-order valence-electron chi connectivity index (χ3n) is 0. The molecule has 0 aliphatic carbocycles. The molecule has 0 fully saturated rings. The van der Waals surface area contributed by atoms with Gasteiger partial charge in [-0.15, -0.1) is 24.0 Å². The van der Waals surface area contributed by atoms with Crippen LogP contribution in [-0.4, -0.2) is 8.07 Å². The van der Waals surface area contributed by atoms with Gasteiger partial charge in [0.25, 0.3) is 0 Å². The van der Waals surface area contributed by atoms with E-state index in [9.17, 15) is 0 Å². The lowest BCUT2D eigenvalue weighted by molar-refractivity contribution is 1.71. The maximum absolute atomic E-state index is 2.33. The van der Waals surface area contributed by atoms with Gasteiger partial charge in [0.2, 0.25) is 0 Å². The Bertz CT molecular complexity index is 23.0. The first kappa shape index (κ1) is 10.0. The summed E-state index contributed by atoms with van der Waals surface area (Å²) < 4.78 is 0. The van der Waals surface area contributed by atoms with E-state index < -0.39 is 8.07 Å². The van der Waals surface area contributed by atoms with Crippen molar-refractivity contribution in [3.8, 4) is 0 Å². The van der Waals surface area contributed by atoms with Crippen molar-refractivity contribution in [2.24, 2.45) is 0 Å². The van der Waals surface area contributed by atoms with Gasteiger partial charge in [-0.3, -0.25) is 0 Å². The van der Waals surface area contributed by atoms with Crippen LogP contribution in [0.5, 0.6) is 0 Å². The lowest BCUT2D eigenvalue weighted by Crippen LogP contribution is -2.10. The van der Waals surface area contributed by atoms with Gasteiger partial charge in [-0.05, 0) is 0 Å². The molecule has 0 aromatic carbocycles. The van der Waals surface area contributed by atoms with Crippen LogP contribution in [0, 0.1) is 0 Å². The average Bonchev–Trinajstić information content (AvgIpc) is 0.722. The fourth-order valence-corrected chi connectivity index (χ4v) is 0. The summed E-state index contributed by atoms with van der Waals surface area (Å²) in [5, 5.41) is 0. The number of hydrogen-bond donors (Lipinski definition) is 0. The molecule has 0 nitrogen and oxygen atoms in total. The molecular weight excluding hydrogens is 203 g/mol. The molecule has 0 heterocycles. The Labute approximate surface area is 58.4 Å². The summed E-state index contributed by atoms with van der Waals surface area (Å²) in [5.74, 6) is 0. The van der Waals surface area contributed by atoms with Crippen LogP contribution < -0.4 is 0 Å². The van der Waals surface area contributed by atoms with Gasteiger partial charge in [0.15, 0.2) is 0 Å². The van der Waals surface area contributed by atoms with E-state index in [1.807, 2.05) is 0 Å². The first-order valence-corrected chi connectivity index (χ1v) is 6.00. The van der Waals surface area contributed by atoms with Crippen molar-refractivity contribution in [1.29, 1.82) is 0 Å². The van der Waals surface area contributed by atoms with Gasteiger partial charge < -0.3 is 0 Å². The van der Waals surface area contributed by atoms with E-state index in [0.717, 1.165) is 0 Å². The highest BCUT2D eigenvalue weighted by atomic mass is 127. The third-order valence-corrected chi connectivity index (χ3v) is 0. The molecular formula is C4H13ISi. The molecule has 0 unspecified atom stereocenters. The molecule has 0 saturated carbocycles. The van der Waals surface area contributed by atoms with Crippen LogP contribution in [0.4, 0.5) is 0 Å². The standard InChI is InChI=1S/C4H12Si.HI/c1-5(2,3)4;/h1-4H3;1H. The topological polar surface area (TPSA) is 0 Å². The second kappa shape index (κ2) is 3.02. The predicted octanol–water partition coefficient (Wildman–Crippen LogP) is 2.57. The number of rotatable bonds is 0. The zero-order chi connectivity index (χ0) is 4.50. The van der Waals surface area contributed by atoms with Crippen LogP contribution in [0.1, 0.15) is 0 Å². The zero-order valence-corrected chi connectivity index (χ0v) is 8.24. The Hall–Kier alpha value is 0.947. The van der Waals surface area contributed by atoms with Crippen molar-refractivity contribution in [1.82, 2.24) is 0 Å². The quantitative estimate of drug-likeness (QED) is 0.431. The molecule has 0 aromatic rings. The maximum atomic E-state index is 2.33. The largest absolute Gasteiger partial charge is 0.107 e. The van der Waals surface area contributed by atoms with E-state index in [2.05, 4.69) is 26.2 Å². The highest BCUT2D eigenvalue weighted by Gasteiger charge is 1.99. The van der Waals surface area contributed by atoms with Crippen molar-refractivity contribution >= 4 is 32.1 Å². The molecule has 0 aliphatic heterocycles. The van der Waals surface area contributed by atoms with Crippen LogP contribution >= 0.6 is 24.0 Å². The summed E-state index contributed by atoms with van der Waals surface area (Å²) >= 11 is 0. The maximum Gasteiger partial charge on any atom is 0.0411 e. The molecule has 2 heteroatoms. The summed E-state index contributed by atoms with van der Waals surface area (Å²) in [5.41, 5.74) is 0. The first-order valence-electron chi connectivity index (χ1n) is 2.00. The molecule has 0 aliphatic rings. The minimum absolute atomic E-state index is 0. The molecule has 0 bridgehead atoms. The zero-order valence-electron chi connectivity index (χ0n) is 4.91. The highest BCUT2D eigenvalue weighted by Crippen LogP contribution is 1.94. The fourth-order valence-electron chi connectivity index (χ4n) is 0. The second-order valence-corrected chi connectivity index (χ2v) is 9.00. The minimum Gasteiger partial charge on any atom is -0.107 e. The average molecular weight is 216 g/mol. The Morgan fingerprint density at radius 3 is 0.833 bits per heavy atom. The van der Waals surface area contributed by atoms with Crippen molar-refractivity contribution in [2.45, 2.75) is 26.2 Å². The minimum atomic E-state index is -0.611. The SMILES string of the molecule is C[Si](C)(C)C.I. The predicted molar refractivity (Wildman–Crippen MR) is 44.6 cm³/mol. The Balaban J connectivity index is 0. The van der Waals surface area contributed by atoms with Crippen LogP contribution in [0.2, 0.25) is 26.2 Å². The van der Waals surface area contributed by atoms with E-state index in [-0.39, 0.29) is 24.0 Å². The van der Waals surface area contributed by atoms with E-state index in [1.165, 1.54) is 0 Å². The molecule has 0 N–H and O–H groups in total. The molecule has 6 heavy (non-hydrogen) atoms. The molecule has 0 aromatic heterocycles. The lowest BCUT2D eigenvalue weighted by atomic mass is 11.8. The van der Waals surface area contributed by atoms with E-state index in [0.29, 0.717) is 0 Å². The van der Waals surface area contributed by atoms with Crippen LogP contribution in [0.15, 0.2) is 0 Å². The molecule has 0 spiro atoms. The smallest absolute Gasteiger partial charge is 0.0411 e. The van der Waals surface area contributed by atoms with Crippen LogP contribution in [0.25, 0.3) is 0 Å². The van der Waals surface area contributed by atoms with Crippen molar-refractivity contribution in [2.75, 3.05) is 0 Å². The van der Waals surface area contributed by atoms with Crippen molar-refractivity contribution < 1.29 is 0 Å². The number of hydrogen-bond acceptors (Lipinski definition) is 0. The van der Waals surface area contributed by atoms with Crippen LogP contribution in [0.3, 0.4) is 0 Å². The van der Waals surface area contributed by atoms with Gasteiger partial charge >= 0.3 is 0 Å². The monoisotopic (exact) mass is 216 g/mol. The molecule has 40 valence electrons. The van der Waals surface area contributed by atoms with E-state index in [4.69, 9.17) is 0 Å². The fraction of sp³-hybridized carbons (Fsp3) is 1.00. The third kappa shape index (κ3) is 86.0. The summed E-state index contributed by atoms with van der Waals surface area (Å²) in [6, 6.07) is 0. The van der Waals surface area contributed by atoms with Crippen molar-refractivity contribution in [3.63, 3.8) is 0 Å². The summed E-state index contributed by atoms with van der Waals surface area (Å²) in [6.45, 7) is 9.31. The molecule has 0 atom stereocenters. The highest BCUT2D eigenvalue weighted by molar-refractivity contribution is 14.0. The van der Waals surface area contributed by atoms with Gasteiger partial charge in [0.05, 0.1) is 0 Å². The Kier molecular flexibility index (Phi) is 5.05. The molecule has 0 amide bonds. The van der Waals surface area contributed by atoms with Gasteiger partial charge in [-0.1, -0.05) is 26.2 Å². The van der Waals surface area contributed by atoms with Gasteiger partial charge in [-0.25, -0.2) is 0 Å². The molecule has 0 radical (unpaired) electrons. The Morgan fingerprint density at radius 2 is 0.833 bits per heavy atom. The Morgan fingerprint density at radius 1 is 0.833 bits per heavy atom. The summed E-state index contributed by atoms with van der Waals surface area (Å²) in [6.07, 6.45) is 0. The summed E-state index contributed by atoms with van der Waals surface area (Å²) in [4.78, 5) is 0. The molecule has 0 saturated heterocycles. The summed E-state index contributed by atoms with van der Waals surface area (Å²) in [7, 11) is -0.611. The van der Waals surface area contributed by atoms with Gasteiger partial charge in [0, 0.05) is 8.07 Å². The van der Waals surface area contributed by atoms with E-state index in [1.54, 1.807) is 0 Å². The number of halogens is 1. The van der Waals surface area contributed by atoms with Crippen LogP contribution in [-0.2, 0) is 0 Å². The van der Waals surface area contributed by atoms with Crippen molar-refractivity contribution in [3.05, 3.63) is 0 Å². The first-order chi connectivity index (χ1) is 2.00. The normalized spacial score (nSPS) is 10.0. The van der Waals surface area contributed by atoms with Gasteiger partial charge in [-0.2, -0.15) is 0 Å². The van der Waals surface area contributed by atoms with E-state index >= 15 is 0 Å².